The quantitative estimate of drug-likeness (QED) is 0.769. The standard InChI is InChI=1S/C7H12ClN5/c1-13(2)4-3-9-6-5-10-12-7(8)11-6/h5H,3-4H2,1-2H3,(H,9,11,12). The van der Waals surface area contributed by atoms with Gasteiger partial charge >= 0.3 is 0 Å². The molecule has 0 saturated carbocycles. The molecule has 0 bridgehead atoms. The first-order valence-electron chi connectivity index (χ1n) is 3.92. The van der Waals surface area contributed by atoms with E-state index in [9.17, 15) is 0 Å². The van der Waals surface area contributed by atoms with Crippen molar-refractivity contribution in [1.29, 1.82) is 0 Å². The lowest BCUT2D eigenvalue weighted by atomic mass is 10.5. The summed E-state index contributed by atoms with van der Waals surface area (Å²) in [6, 6.07) is 0. The minimum Gasteiger partial charge on any atom is -0.367 e. The lowest BCUT2D eigenvalue weighted by Gasteiger charge is -2.09. The zero-order valence-electron chi connectivity index (χ0n) is 7.66. The van der Waals surface area contributed by atoms with Crippen LogP contribution in [0, 0.1) is 0 Å². The van der Waals surface area contributed by atoms with Gasteiger partial charge in [0.1, 0.15) is 5.82 Å². The molecule has 0 spiro atoms. The zero-order chi connectivity index (χ0) is 9.68. The Bertz CT molecular complexity index is 265. The van der Waals surface area contributed by atoms with Gasteiger partial charge in [-0.05, 0) is 25.7 Å². The summed E-state index contributed by atoms with van der Waals surface area (Å²) in [6.45, 7) is 1.74. The second-order valence-corrected chi connectivity index (χ2v) is 3.18. The predicted molar refractivity (Wildman–Crippen MR) is 51.9 cm³/mol. The van der Waals surface area contributed by atoms with E-state index in [-0.39, 0.29) is 5.28 Å². The van der Waals surface area contributed by atoms with E-state index in [1.807, 2.05) is 14.1 Å². The van der Waals surface area contributed by atoms with Crippen molar-refractivity contribution < 1.29 is 0 Å². The van der Waals surface area contributed by atoms with Gasteiger partial charge in [0, 0.05) is 13.1 Å². The van der Waals surface area contributed by atoms with Crippen molar-refractivity contribution >= 4 is 17.4 Å². The van der Waals surface area contributed by atoms with E-state index in [0.29, 0.717) is 5.82 Å². The molecule has 1 heterocycles. The minimum absolute atomic E-state index is 0.162. The smallest absolute Gasteiger partial charge is 0.244 e. The Balaban J connectivity index is 2.37. The van der Waals surface area contributed by atoms with E-state index in [1.165, 1.54) is 0 Å². The molecule has 0 radical (unpaired) electrons. The number of nitrogens with zero attached hydrogens (tertiary/aromatic N) is 4. The molecule has 6 heteroatoms. The summed E-state index contributed by atoms with van der Waals surface area (Å²) in [5, 5.41) is 10.4. The highest BCUT2D eigenvalue weighted by Crippen LogP contribution is 2.02. The molecule has 0 unspecified atom stereocenters. The molecular weight excluding hydrogens is 190 g/mol. The van der Waals surface area contributed by atoms with Gasteiger partial charge in [-0.2, -0.15) is 10.1 Å². The van der Waals surface area contributed by atoms with Crippen molar-refractivity contribution in [1.82, 2.24) is 20.1 Å². The number of likely N-dealkylation sites (N-methyl/N-ethyl adjacent to an activating group) is 1. The largest absolute Gasteiger partial charge is 0.367 e. The van der Waals surface area contributed by atoms with Crippen molar-refractivity contribution in [3.05, 3.63) is 11.5 Å². The molecule has 0 fully saturated rings. The van der Waals surface area contributed by atoms with Crippen molar-refractivity contribution in [2.24, 2.45) is 0 Å². The van der Waals surface area contributed by atoms with Crippen molar-refractivity contribution in [2.75, 3.05) is 32.5 Å². The Hall–Kier alpha value is -0.940. The SMILES string of the molecule is CN(C)CCNc1cnnc(Cl)n1. The van der Waals surface area contributed by atoms with Gasteiger partial charge in [0.2, 0.25) is 5.28 Å². The molecule has 1 aromatic rings. The number of nitrogens with one attached hydrogen (secondary N) is 1. The van der Waals surface area contributed by atoms with Crippen LogP contribution in [0.2, 0.25) is 5.28 Å². The molecule has 0 aliphatic heterocycles. The second-order valence-electron chi connectivity index (χ2n) is 2.84. The molecule has 0 aromatic carbocycles. The lowest BCUT2D eigenvalue weighted by Crippen LogP contribution is -2.21. The summed E-state index contributed by atoms with van der Waals surface area (Å²) in [7, 11) is 4.01. The molecular formula is C7H12ClN5. The average molecular weight is 202 g/mol. The average Bonchev–Trinajstić information content (AvgIpc) is 2.03. The summed E-state index contributed by atoms with van der Waals surface area (Å²) in [4.78, 5) is 6.00. The van der Waals surface area contributed by atoms with E-state index in [4.69, 9.17) is 11.6 Å². The fraction of sp³-hybridized carbons (Fsp3) is 0.571. The Morgan fingerprint density at radius 3 is 2.92 bits per heavy atom. The molecule has 0 aliphatic carbocycles. The molecule has 72 valence electrons. The fourth-order valence-corrected chi connectivity index (χ4v) is 0.909. The summed E-state index contributed by atoms with van der Waals surface area (Å²) in [5.41, 5.74) is 0. The highest BCUT2D eigenvalue weighted by molar-refractivity contribution is 6.28. The Morgan fingerprint density at radius 2 is 2.31 bits per heavy atom. The maximum Gasteiger partial charge on any atom is 0.244 e. The van der Waals surface area contributed by atoms with Gasteiger partial charge in [0.15, 0.2) is 0 Å². The van der Waals surface area contributed by atoms with Gasteiger partial charge in [0.05, 0.1) is 6.20 Å². The first-order valence-corrected chi connectivity index (χ1v) is 4.30. The monoisotopic (exact) mass is 201 g/mol. The normalized spacial score (nSPS) is 10.5. The third-order valence-corrected chi connectivity index (χ3v) is 1.56. The number of hydrogen-bond donors (Lipinski definition) is 1. The number of anilines is 1. The summed E-state index contributed by atoms with van der Waals surface area (Å²) in [6.07, 6.45) is 1.54. The number of aromatic nitrogens is 3. The Morgan fingerprint density at radius 1 is 1.54 bits per heavy atom. The van der Waals surface area contributed by atoms with E-state index >= 15 is 0 Å². The highest BCUT2D eigenvalue weighted by atomic mass is 35.5. The van der Waals surface area contributed by atoms with E-state index in [1.54, 1.807) is 6.20 Å². The molecule has 1 N–H and O–H groups in total. The first kappa shape index (κ1) is 10.1. The number of hydrogen-bond acceptors (Lipinski definition) is 5. The Labute approximate surface area is 82.1 Å². The van der Waals surface area contributed by atoms with Crippen molar-refractivity contribution in [3.63, 3.8) is 0 Å². The van der Waals surface area contributed by atoms with Crippen LogP contribution in [0.3, 0.4) is 0 Å². The summed E-state index contributed by atoms with van der Waals surface area (Å²) < 4.78 is 0. The van der Waals surface area contributed by atoms with Gasteiger partial charge in [0.25, 0.3) is 0 Å². The summed E-state index contributed by atoms with van der Waals surface area (Å²) >= 11 is 5.55. The Kier molecular flexibility index (Phi) is 3.85. The predicted octanol–water partition coefficient (Wildman–Crippen LogP) is 0.498. The van der Waals surface area contributed by atoms with Gasteiger partial charge in [-0.3, -0.25) is 0 Å². The highest BCUT2D eigenvalue weighted by Gasteiger charge is 1.96. The molecule has 0 amide bonds. The van der Waals surface area contributed by atoms with Crippen molar-refractivity contribution in [3.8, 4) is 0 Å². The van der Waals surface area contributed by atoms with Gasteiger partial charge in [-0.15, -0.1) is 5.10 Å². The lowest BCUT2D eigenvalue weighted by molar-refractivity contribution is 0.425. The maximum atomic E-state index is 5.55. The molecule has 0 saturated heterocycles. The minimum atomic E-state index is 0.162. The van der Waals surface area contributed by atoms with Crippen molar-refractivity contribution in [2.45, 2.75) is 0 Å². The molecule has 5 nitrogen and oxygen atoms in total. The van der Waals surface area contributed by atoms with Gasteiger partial charge in [-0.25, -0.2) is 0 Å². The zero-order valence-corrected chi connectivity index (χ0v) is 8.41. The van der Waals surface area contributed by atoms with Gasteiger partial charge in [-0.1, -0.05) is 0 Å². The topological polar surface area (TPSA) is 53.9 Å². The fourth-order valence-electron chi connectivity index (χ4n) is 0.775. The second kappa shape index (κ2) is 4.94. The van der Waals surface area contributed by atoms with Crippen LogP contribution in [0.25, 0.3) is 0 Å². The van der Waals surface area contributed by atoms with Crippen LogP contribution in [0.1, 0.15) is 0 Å². The molecule has 0 atom stereocenters. The van der Waals surface area contributed by atoms with E-state index in [2.05, 4.69) is 25.4 Å². The molecule has 13 heavy (non-hydrogen) atoms. The van der Waals surface area contributed by atoms with E-state index in [0.717, 1.165) is 13.1 Å². The third-order valence-electron chi connectivity index (χ3n) is 1.40. The molecule has 1 rings (SSSR count). The van der Waals surface area contributed by atoms with Crippen LogP contribution in [-0.4, -0.2) is 47.3 Å². The van der Waals surface area contributed by atoms with Crippen LogP contribution in [0.15, 0.2) is 6.20 Å². The van der Waals surface area contributed by atoms with Crippen LogP contribution < -0.4 is 5.32 Å². The van der Waals surface area contributed by atoms with Crippen LogP contribution >= 0.6 is 11.6 Å². The maximum absolute atomic E-state index is 5.55. The van der Waals surface area contributed by atoms with Crippen LogP contribution in [0.5, 0.6) is 0 Å². The van der Waals surface area contributed by atoms with Crippen LogP contribution in [0.4, 0.5) is 5.82 Å². The number of halogens is 1. The van der Waals surface area contributed by atoms with E-state index < -0.39 is 0 Å². The summed E-state index contributed by atoms with van der Waals surface area (Å²) in [5.74, 6) is 0.654. The third kappa shape index (κ3) is 4.00. The molecule has 0 aliphatic rings. The van der Waals surface area contributed by atoms with Crippen LogP contribution in [-0.2, 0) is 0 Å². The molecule has 1 aromatic heterocycles. The van der Waals surface area contributed by atoms with Gasteiger partial charge < -0.3 is 10.2 Å². The number of rotatable bonds is 4. The first-order chi connectivity index (χ1) is 6.18.